The van der Waals surface area contributed by atoms with Crippen molar-refractivity contribution in [1.29, 1.82) is 0 Å². The van der Waals surface area contributed by atoms with Crippen molar-refractivity contribution in [3.05, 3.63) is 66.1 Å². The molecule has 0 saturated heterocycles. The number of benzene rings is 1. The van der Waals surface area contributed by atoms with Crippen LogP contribution >= 0.6 is 0 Å². The van der Waals surface area contributed by atoms with Gasteiger partial charge in [0.1, 0.15) is 17.1 Å². The van der Waals surface area contributed by atoms with Crippen LogP contribution in [0.5, 0.6) is 11.6 Å². The summed E-state index contributed by atoms with van der Waals surface area (Å²) in [5.41, 5.74) is 0.110. The van der Waals surface area contributed by atoms with Crippen molar-refractivity contribution in [3.63, 3.8) is 0 Å². The van der Waals surface area contributed by atoms with E-state index in [0.29, 0.717) is 11.5 Å². The Kier molecular flexibility index (Phi) is 5.46. The highest BCUT2D eigenvalue weighted by Crippen LogP contribution is 2.23. The predicted octanol–water partition coefficient (Wildman–Crippen LogP) is 3.35. The van der Waals surface area contributed by atoms with Gasteiger partial charge in [0.15, 0.2) is 11.9 Å². The van der Waals surface area contributed by atoms with Gasteiger partial charge in [0.05, 0.1) is 0 Å². The molecule has 3 rings (SSSR count). The number of carbonyl (C=O) groups is 2. The standard InChI is InChI=1S/C19H17N3O5/c1-12-11-16(22-27-12)21-17(23)13(2)25-19(24)15-9-6-10-20-18(15)26-14-7-4-3-5-8-14/h3-11,13H,1-2H3,(H,21,22,23)/t13-/m0/s1. The Bertz CT molecular complexity index is 939. The second-order valence-electron chi connectivity index (χ2n) is 5.63. The van der Waals surface area contributed by atoms with E-state index in [2.05, 4.69) is 15.5 Å². The summed E-state index contributed by atoms with van der Waals surface area (Å²) in [5.74, 6) is 0.146. The Morgan fingerprint density at radius 2 is 1.93 bits per heavy atom. The topological polar surface area (TPSA) is 104 Å². The van der Waals surface area contributed by atoms with Crippen molar-refractivity contribution in [2.45, 2.75) is 20.0 Å². The van der Waals surface area contributed by atoms with E-state index >= 15 is 0 Å². The summed E-state index contributed by atoms with van der Waals surface area (Å²) in [4.78, 5) is 28.7. The molecule has 0 saturated carbocycles. The number of para-hydroxylation sites is 1. The van der Waals surface area contributed by atoms with Crippen molar-refractivity contribution in [1.82, 2.24) is 10.1 Å². The van der Waals surface area contributed by atoms with Crippen LogP contribution in [-0.4, -0.2) is 28.1 Å². The zero-order valence-corrected chi connectivity index (χ0v) is 14.7. The lowest BCUT2D eigenvalue weighted by atomic mass is 10.2. The van der Waals surface area contributed by atoms with Crippen molar-refractivity contribution in [2.75, 3.05) is 5.32 Å². The Morgan fingerprint density at radius 1 is 1.15 bits per heavy atom. The molecule has 0 aliphatic rings. The highest BCUT2D eigenvalue weighted by atomic mass is 16.6. The van der Waals surface area contributed by atoms with Crippen molar-refractivity contribution in [3.8, 4) is 11.6 Å². The Balaban J connectivity index is 1.67. The van der Waals surface area contributed by atoms with Crippen LogP contribution in [-0.2, 0) is 9.53 Å². The van der Waals surface area contributed by atoms with Crippen LogP contribution in [0.1, 0.15) is 23.0 Å². The Labute approximate surface area is 155 Å². The third kappa shape index (κ3) is 4.69. The van der Waals surface area contributed by atoms with Gasteiger partial charge in [0.25, 0.3) is 5.91 Å². The number of rotatable bonds is 6. The number of nitrogens with one attached hydrogen (secondary N) is 1. The molecule has 27 heavy (non-hydrogen) atoms. The Morgan fingerprint density at radius 3 is 2.63 bits per heavy atom. The number of ether oxygens (including phenoxy) is 2. The number of hydrogen-bond donors (Lipinski definition) is 1. The molecule has 0 spiro atoms. The number of esters is 1. The van der Waals surface area contributed by atoms with Gasteiger partial charge in [-0.25, -0.2) is 9.78 Å². The van der Waals surface area contributed by atoms with Crippen LogP contribution in [0.15, 0.2) is 59.3 Å². The molecule has 0 aliphatic heterocycles. The summed E-state index contributed by atoms with van der Waals surface area (Å²) in [5, 5.41) is 6.16. The largest absolute Gasteiger partial charge is 0.449 e. The fraction of sp³-hybridized carbons (Fsp3) is 0.158. The van der Waals surface area contributed by atoms with Crippen LogP contribution in [0.3, 0.4) is 0 Å². The molecular formula is C19H17N3O5. The number of hydrogen-bond acceptors (Lipinski definition) is 7. The normalized spacial score (nSPS) is 11.5. The molecule has 0 radical (unpaired) electrons. The maximum absolute atomic E-state index is 12.5. The molecular weight excluding hydrogens is 350 g/mol. The maximum atomic E-state index is 12.5. The summed E-state index contributed by atoms with van der Waals surface area (Å²) >= 11 is 0. The van der Waals surface area contributed by atoms with Gasteiger partial charge in [-0.15, -0.1) is 0 Å². The molecule has 1 atom stereocenters. The molecule has 1 aromatic carbocycles. The quantitative estimate of drug-likeness (QED) is 0.666. The molecule has 8 nitrogen and oxygen atoms in total. The fourth-order valence-electron chi connectivity index (χ4n) is 2.16. The lowest BCUT2D eigenvalue weighted by molar-refractivity contribution is -0.123. The van der Waals surface area contributed by atoms with E-state index in [1.165, 1.54) is 19.2 Å². The lowest BCUT2D eigenvalue weighted by Gasteiger charge is -2.14. The zero-order chi connectivity index (χ0) is 19.2. The summed E-state index contributed by atoms with van der Waals surface area (Å²) in [6.45, 7) is 3.15. The van der Waals surface area contributed by atoms with Gasteiger partial charge in [-0.05, 0) is 38.1 Å². The number of amides is 1. The molecule has 1 amide bonds. The molecule has 0 fully saturated rings. The monoisotopic (exact) mass is 367 g/mol. The molecule has 1 N–H and O–H groups in total. The minimum Gasteiger partial charge on any atom is -0.449 e. The molecule has 0 unspecified atom stereocenters. The van der Waals surface area contributed by atoms with Gasteiger partial charge in [0.2, 0.25) is 5.88 Å². The van der Waals surface area contributed by atoms with Gasteiger partial charge in [0, 0.05) is 12.3 Å². The van der Waals surface area contributed by atoms with E-state index < -0.39 is 18.0 Å². The average Bonchev–Trinajstić information content (AvgIpc) is 3.07. The first-order chi connectivity index (χ1) is 13.0. The van der Waals surface area contributed by atoms with E-state index in [1.807, 2.05) is 6.07 Å². The number of nitrogens with zero attached hydrogens (tertiary/aromatic N) is 2. The highest BCUT2D eigenvalue weighted by Gasteiger charge is 2.23. The number of anilines is 1. The average molecular weight is 367 g/mol. The van der Waals surface area contributed by atoms with Crippen LogP contribution in [0.25, 0.3) is 0 Å². The maximum Gasteiger partial charge on any atom is 0.344 e. The van der Waals surface area contributed by atoms with Crippen LogP contribution in [0.4, 0.5) is 5.82 Å². The summed E-state index contributed by atoms with van der Waals surface area (Å²) in [7, 11) is 0. The minimum atomic E-state index is -1.06. The van der Waals surface area contributed by atoms with Crippen molar-refractivity contribution < 1.29 is 23.6 Å². The third-order valence-electron chi connectivity index (χ3n) is 3.48. The van der Waals surface area contributed by atoms with Crippen LogP contribution in [0, 0.1) is 6.92 Å². The van der Waals surface area contributed by atoms with Gasteiger partial charge < -0.3 is 19.3 Å². The van der Waals surface area contributed by atoms with Crippen molar-refractivity contribution >= 4 is 17.7 Å². The molecule has 138 valence electrons. The van der Waals surface area contributed by atoms with Gasteiger partial charge in [-0.1, -0.05) is 23.4 Å². The molecule has 0 aliphatic carbocycles. The van der Waals surface area contributed by atoms with E-state index in [4.69, 9.17) is 14.0 Å². The first-order valence-corrected chi connectivity index (χ1v) is 8.16. The number of pyridine rings is 1. The lowest BCUT2D eigenvalue weighted by Crippen LogP contribution is -2.30. The highest BCUT2D eigenvalue weighted by molar-refractivity contribution is 5.97. The fourth-order valence-corrected chi connectivity index (χ4v) is 2.16. The molecule has 0 bridgehead atoms. The van der Waals surface area contributed by atoms with Crippen LogP contribution < -0.4 is 10.1 Å². The molecule has 3 aromatic rings. The summed E-state index contributed by atoms with van der Waals surface area (Å²) in [6.07, 6.45) is 0.442. The van der Waals surface area contributed by atoms with E-state index in [0.717, 1.165) is 0 Å². The zero-order valence-electron chi connectivity index (χ0n) is 14.7. The summed E-state index contributed by atoms with van der Waals surface area (Å²) < 4.78 is 15.7. The molecule has 8 heteroatoms. The number of aromatic nitrogens is 2. The Hall–Kier alpha value is -3.68. The van der Waals surface area contributed by atoms with E-state index in [9.17, 15) is 9.59 Å². The van der Waals surface area contributed by atoms with Gasteiger partial charge >= 0.3 is 5.97 Å². The first kappa shape index (κ1) is 18.1. The molecule has 2 heterocycles. The van der Waals surface area contributed by atoms with Crippen molar-refractivity contribution in [2.24, 2.45) is 0 Å². The number of aryl methyl sites for hydroxylation is 1. The second-order valence-corrected chi connectivity index (χ2v) is 5.63. The second kappa shape index (κ2) is 8.13. The third-order valence-corrected chi connectivity index (χ3v) is 3.48. The van der Waals surface area contributed by atoms with Crippen LogP contribution in [0.2, 0.25) is 0 Å². The van der Waals surface area contributed by atoms with Gasteiger partial charge in [-0.2, -0.15) is 0 Å². The van der Waals surface area contributed by atoms with Gasteiger partial charge in [-0.3, -0.25) is 4.79 Å². The number of carbonyl (C=O) groups excluding carboxylic acids is 2. The summed E-state index contributed by atoms with van der Waals surface area (Å²) in [6, 6.07) is 13.6. The minimum absolute atomic E-state index is 0.0911. The van der Waals surface area contributed by atoms with E-state index in [-0.39, 0.29) is 17.3 Å². The smallest absolute Gasteiger partial charge is 0.344 e. The SMILES string of the molecule is Cc1cc(NC(=O)[C@H](C)OC(=O)c2cccnc2Oc2ccccc2)no1. The molecule has 2 aromatic heterocycles. The first-order valence-electron chi connectivity index (χ1n) is 8.16. The van der Waals surface area contributed by atoms with E-state index in [1.54, 1.807) is 43.3 Å². The predicted molar refractivity (Wildman–Crippen MR) is 95.5 cm³/mol.